The standard InChI is InChI=1S/C31H35ClN4O3/c1-21-10-12-22(13-11-21)19-34-26(16-17-33-30(38)39-31(2,3)4)28-35-27-18-24(32)14-15-25(27)29(37)36(28)20-23-8-6-5-7-9-23/h5-15,18,26,34H,16-17,19-20H2,1-4H3,(H,33,38). The lowest BCUT2D eigenvalue weighted by molar-refractivity contribution is 0.0525. The number of amides is 1. The van der Waals surface area contributed by atoms with Crippen LogP contribution in [0.3, 0.4) is 0 Å². The first-order valence-corrected chi connectivity index (χ1v) is 13.5. The Bertz CT molecular complexity index is 1480. The lowest BCUT2D eigenvalue weighted by atomic mass is 10.1. The molecule has 0 saturated carbocycles. The maximum atomic E-state index is 13.8. The summed E-state index contributed by atoms with van der Waals surface area (Å²) in [5, 5.41) is 7.43. The molecule has 1 heterocycles. The molecule has 8 heteroatoms. The van der Waals surface area contributed by atoms with Crippen LogP contribution in [0.1, 0.15) is 55.7 Å². The Hall–Kier alpha value is -3.68. The van der Waals surface area contributed by atoms with Crippen molar-refractivity contribution in [1.29, 1.82) is 0 Å². The Labute approximate surface area is 234 Å². The van der Waals surface area contributed by atoms with Crippen LogP contribution >= 0.6 is 11.6 Å². The molecular weight excluding hydrogens is 512 g/mol. The third-order valence-electron chi connectivity index (χ3n) is 6.22. The zero-order chi connectivity index (χ0) is 28.0. The van der Waals surface area contributed by atoms with Gasteiger partial charge in [-0.3, -0.25) is 9.36 Å². The van der Waals surface area contributed by atoms with E-state index in [1.807, 2.05) is 51.1 Å². The van der Waals surface area contributed by atoms with E-state index in [4.69, 9.17) is 21.3 Å². The molecule has 3 aromatic carbocycles. The van der Waals surface area contributed by atoms with Crippen molar-refractivity contribution in [3.8, 4) is 0 Å². The van der Waals surface area contributed by atoms with Crippen molar-refractivity contribution in [2.45, 2.75) is 58.8 Å². The number of hydrogen-bond donors (Lipinski definition) is 2. The molecule has 0 aliphatic rings. The number of nitrogens with zero attached hydrogens (tertiary/aromatic N) is 2. The van der Waals surface area contributed by atoms with E-state index in [1.165, 1.54) is 5.56 Å². The van der Waals surface area contributed by atoms with Crippen LogP contribution in [0.2, 0.25) is 5.02 Å². The van der Waals surface area contributed by atoms with Gasteiger partial charge in [0.1, 0.15) is 11.4 Å². The number of aryl methyl sites for hydroxylation is 1. The fourth-order valence-electron chi connectivity index (χ4n) is 4.30. The molecule has 204 valence electrons. The van der Waals surface area contributed by atoms with Crippen LogP contribution in [0.15, 0.2) is 77.6 Å². The summed E-state index contributed by atoms with van der Waals surface area (Å²) in [4.78, 5) is 31.1. The zero-order valence-electron chi connectivity index (χ0n) is 22.8. The molecule has 1 unspecified atom stereocenters. The summed E-state index contributed by atoms with van der Waals surface area (Å²) in [7, 11) is 0. The normalized spacial score (nSPS) is 12.3. The molecule has 0 fully saturated rings. The van der Waals surface area contributed by atoms with Crippen molar-refractivity contribution in [1.82, 2.24) is 20.2 Å². The third-order valence-corrected chi connectivity index (χ3v) is 6.45. The molecule has 4 aromatic rings. The Kier molecular flexibility index (Phi) is 9.04. The van der Waals surface area contributed by atoms with E-state index in [0.717, 1.165) is 11.1 Å². The van der Waals surface area contributed by atoms with Crippen LogP contribution in [0.25, 0.3) is 10.9 Å². The molecule has 0 aliphatic carbocycles. The minimum atomic E-state index is -0.595. The summed E-state index contributed by atoms with van der Waals surface area (Å²) in [6.45, 7) is 8.78. The summed E-state index contributed by atoms with van der Waals surface area (Å²) in [6, 6.07) is 22.9. The predicted octanol–water partition coefficient (Wildman–Crippen LogP) is 6.15. The summed E-state index contributed by atoms with van der Waals surface area (Å²) in [5.74, 6) is 0.580. The second-order valence-electron chi connectivity index (χ2n) is 10.6. The van der Waals surface area contributed by atoms with Gasteiger partial charge in [-0.15, -0.1) is 0 Å². The van der Waals surface area contributed by atoms with Gasteiger partial charge in [0.05, 0.1) is 23.5 Å². The topological polar surface area (TPSA) is 85.2 Å². The first-order valence-electron chi connectivity index (χ1n) is 13.1. The number of carbonyl (C=O) groups excluding carboxylic acids is 1. The van der Waals surface area contributed by atoms with Crippen LogP contribution in [0, 0.1) is 6.92 Å². The van der Waals surface area contributed by atoms with Crippen LogP contribution in [-0.2, 0) is 17.8 Å². The van der Waals surface area contributed by atoms with Crippen molar-refractivity contribution in [2.75, 3.05) is 6.54 Å². The number of alkyl carbamates (subject to hydrolysis) is 1. The van der Waals surface area contributed by atoms with Crippen molar-refractivity contribution >= 4 is 28.6 Å². The fraction of sp³-hybridized carbons (Fsp3) is 0.323. The van der Waals surface area contributed by atoms with Gasteiger partial charge >= 0.3 is 6.09 Å². The van der Waals surface area contributed by atoms with Crippen molar-refractivity contribution in [2.24, 2.45) is 0 Å². The molecular formula is C31H35ClN4O3. The quantitative estimate of drug-likeness (QED) is 0.263. The predicted molar refractivity (Wildman–Crippen MR) is 156 cm³/mol. The first kappa shape index (κ1) is 28.3. The Morgan fingerprint density at radius 3 is 2.44 bits per heavy atom. The average molecular weight is 547 g/mol. The highest BCUT2D eigenvalue weighted by Gasteiger charge is 2.22. The Morgan fingerprint density at radius 2 is 1.74 bits per heavy atom. The lowest BCUT2D eigenvalue weighted by Gasteiger charge is -2.24. The molecule has 1 amide bonds. The second kappa shape index (κ2) is 12.5. The number of nitrogens with one attached hydrogen (secondary N) is 2. The number of fused-ring (bicyclic) bond motifs is 1. The highest BCUT2D eigenvalue weighted by atomic mass is 35.5. The lowest BCUT2D eigenvalue weighted by Crippen LogP contribution is -2.36. The van der Waals surface area contributed by atoms with E-state index in [2.05, 4.69) is 41.8 Å². The number of rotatable bonds is 9. The maximum Gasteiger partial charge on any atom is 0.407 e. The SMILES string of the molecule is Cc1ccc(CNC(CCNC(=O)OC(C)(C)C)c2nc3cc(Cl)ccc3c(=O)n2Cc2ccccc2)cc1. The number of hydrogen-bond acceptors (Lipinski definition) is 5. The van der Waals surface area contributed by atoms with Gasteiger partial charge in [-0.05, 0) is 63.4 Å². The summed E-state index contributed by atoms with van der Waals surface area (Å²) in [6.07, 6.45) is -0.00185. The molecule has 7 nitrogen and oxygen atoms in total. The molecule has 0 radical (unpaired) electrons. The monoisotopic (exact) mass is 546 g/mol. The van der Waals surface area contributed by atoms with Crippen LogP contribution in [0.5, 0.6) is 0 Å². The Morgan fingerprint density at radius 1 is 1.03 bits per heavy atom. The van der Waals surface area contributed by atoms with Gasteiger partial charge in [0, 0.05) is 18.1 Å². The van der Waals surface area contributed by atoms with Crippen LogP contribution in [0.4, 0.5) is 4.79 Å². The first-order chi connectivity index (χ1) is 18.6. The van der Waals surface area contributed by atoms with Gasteiger partial charge < -0.3 is 15.4 Å². The molecule has 4 rings (SSSR count). The molecule has 2 N–H and O–H groups in total. The molecule has 0 aliphatic heterocycles. The minimum Gasteiger partial charge on any atom is -0.444 e. The number of benzene rings is 3. The van der Waals surface area contributed by atoms with Gasteiger partial charge in [0.15, 0.2) is 0 Å². The van der Waals surface area contributed by atoms with E-state index in [0.29, 0.717) is 47.8 Å². The number of ether oxygens (including phenoxy) is 1. The molecule has 1 atom stereocenters. The fourth-order valence-corrected chi connectivity index (χ4v) is 4.46. The van der Waals surface area contributed by atoms with Gasteiger partial charge in [-0.25, -0.2) is 9.78 Å². The van der Waals surface area contributed by atoms with E-state index < -0.39 is 11.7 Å². The van der Waals surface area contributed by atoms with E-state index in [-0.39, 0.29) is 11.6 Å². The zero-order valence-corrected chi connectivity index (χ0v) is 23.6. The summed E-state index contributed by atoms with van der Waals surface area (Å²) < 4.78 is 7.12. The Balaban J connectivity index is 1.71. The molecule has 0 saturated heterocycles. The molecule has 0 bridgehead atoms. The van der Waals surface area contributed by atoms with Crippen LogP contribution in [-0.4, -0.2) is 27.8 Å². The smallest absolute Gasteiger partial charge is 0.407 e. The second-order valence-corrected chi connectivity index (χ2v) is 11.1. The van der Waals surface area contributed by atoms with Crippen molar-refractivity contribution < 1.29 is 9.53 Å². The maximum absolute atomic E-state index is 13.8. The average Bonchev–Trinajstić information content (AvgIpc) is 2.88. The van der Waals surface area contributed by atoms with Crippen LogP contribution < -0.4 is 16.2 Å². The van der Waals surface area contributed by atoms with E-state index >= 15 is 0 Å². The van der Waals surface area contributed by atoms with E-state index in [9.17, 15) is 9.59 Å². The minimum absolute atomic E-state index is 0.141. The highest BCUT2D eigenvalue weighted by molar-refractivity contribution is 6.31. The largest absolute Gasteiger partial charge is 0.444 e. The van der Waals surface area contributed by atoms with Gasteiger partial charge in [0.2, 0.25) is 0 Å². The molecule has 0 spiro atoms. The van der Waals surface area contributed by atoms with Gasteiger partial charge in [0.25, 0.3) is 5.56 Å². The number of aromatic nitrogens is 2. The van der Waals surface area contributed by atoms with E-state index in [1.54, 1.807) is 22.8 Å². The summed E-state index contributed by atoms with van der Waals surface area (Å²) in [5.41, 5.74) is 3.07. The number of carbonyl (C=O) groups is 1. The van der Waals surface area contributed by atoms with Crippen molar-refractivity contribution in [3.63, 3.8) is 0 Å². The van der Waals surface area contributed by atoms with Gasteiger partial charge in [-0.2, -0.15) is 0 Å². The molecule has 1 aromatic heterocycles. The van der Waals surface area contributed by atoms with Crippen molar-refractivity contribution in [3.05, 3.63) is 111 Å². The highest BCUT2D eigenvalue weighted by Crippen LogP contribution is 2.21. The third kappa shape index (κ3) is 7.91. The molecule has 39 heavy (non-hydrogen) atoms. The summed E-state index contributed by atoms with van der Waals surface area (Å²) >= 11 is 6.27. The number of halogens is 1. The van der Waals surface area contributed by atoms with Gasteiger partial charge in [-0.1, -0.05) is 71.8 Å².